The Balaban J connectivity index is 1.52. The molecule has 1 aromatic carbocycles. The van der Waals surface area contributed by atoms with E-state index in [1.165, 1.54) is 0 Å². The third kappa shape index (κ3) is 3.81. The standard InChI is InChI=1S/C20H20N6O/c21-11-14-3-1-2-4-18(14)19-9-10-22-20(25-19)24-15-12-23-26(13-15)16-5-7-17(27)8-6-16/h1-4,9-10,12-13,16-17,27H,5-8H2,(H,22,24,25). The molecular formula is C20H20N6O. The Hall–Kier alpha value is -3.24. The van der Waals surface area contributed by atoms with E-state index in [2.05, 4.69) is 26.5 Å². The Labute approximate surface area is 157 Å². The lowest BCUT2D eigenvalue weighted by Crippen LogP contribution is -2.21. The van der Waals surface area contributed by atoms with E-state index in [0.29, 0.717) is 23.2 Å². The van der Waals surface area contributed by atoms with Gasteiger partial charge in [-0.15, -0.1) is 0 Å². The normalized spacial score (nSPS) is 19.4. The van der Waals surface area contributed by atoms with Gasteiger partial charge in [-0.1, -0.05) is 18.2 Å². The van der Waals surface area contributed by atoms with Crippen LogP contribution in [0.5, 0.6) is 0 Å². The molecule has 0 saturated heterocycles. The van der Waals surface area contributed by atoms with Crippen LogP contribution in [0.15, 0.2) is 48.9 Å². The Morgan fingerprint density at radius 3 is 2.78 bits per heavy atom. The van der Waals surface area contributed by atoms with Crippen molar-refractivity contribution in [3.8, 4) is 17.3 Å². The summed E-state index contributed by atoms with van der Waals surface area (Å²) in [6, 6.07) is 11.7. The number of aliphatic hydroxyl groups is 1. The average Bonchev–Trinajstić information content (AvgIpc) is 3.17. The Kier molecular flexibility index (Phi) is 4.81. The first-order valence-electron chi connectivity index (χ1n) is 9.05. The van der Waals surface area contributed by atoms with Gasteiger partial charge in [0.1, 0.15) is 0 Å². The number of hydrogen-bond donors (Lipinski definition) is 2. The summed E-state index contributed by atoms with van der Waals surface area (Å²) in [5, 5.41) is 26.6. The molecule has 4 rings (SSSR count). The van der Waals surface area contributed by atoms with E-state index in [1.807, 2.05) is 29.1 Å². The number of aliphatic hydroxyl groups excluding tert-OH is 1. The van der Waals surface area contributed by atoms with Crippen LogP contribution in [0.4, 0.5) is 11.6 Å². The Morgan fingerprint density at radius 1 is 1.15 bits per heavy atom. The molecule has 0 aliphatic heterocycles. The number of nitriles is 1. The molecule has 136 valence electrons. The Bertz CT molecular complexity index is 968. The van der Waals surface area contributed by atoms with Gasteiger partial charge in [0, 0.05) is 18.0 Å². The maximum atomic E-state index is 9.65. The summed E-state index contributed by atoms with van der Waals surface area (Å²) in [7, 11) is 0. The fraction of sp³-hybridized carbons (Fsp3) is 0.300. The predicted molar refractivity (Wildman–Crippen MR) is 101 cm³/mol. The molecule has 0 bridgehead atoms. The third-order valence-electron chi connectivity index (χ3n) is 4.88. The van der Waals surface area contributed by atoms with E-state index in [4.69, 9.17) is 0 Å². The highest BCUT2D eigenvalue weighted by molar-refractivity contribution is 5.68. The molecule has 0 radical (unpaired) electrons. The molecule has 2 aromatic heterocycles. The van der Waals surface area contributed by atoms with Crippen LogP contribution in [-0.2, 0) is 0 Å². The zero-order valence-corrected chi connectivity index (χ0v) is 14.8. The lowest BCUT2D eigenvalue weighted by atomic mass is 9.93. The van der Waals surface area contributed by atoms with E-state index in [1.54, 1.807) is 24.5 Å². The van der Waals surface area contributed by atoms with Crippen LogP contribution in [0.1, 0.15) is 37.3 Å². The van der Waals surface area contributed by atoms with Crippen molar-refractivity contribution in [3.05, 3.63) is 54.5 Å². The molecule has 1 saturated carbocycles. The summed E-state index contributed by atoms with van der Waals surface area (Å²) in [4.78, 5) is 8.81. The molecule has 3 aromatic rings. The molecule has 7 heteroatoms. The van der Waals surface area contributed by atoms with Gasteiger partial charge >= 0.3 is 0 Å². The van der Waals surface area contributed by atoms with Crippen molar-refractivity contribution in [2.75, 3.05) is 5.32 Å². The highest BCUT2D eigenvalue weighted by Crippen LogP contribution is 2.29. The first kappa shape index (κ1) is 17.2. The highest BCUT2D eigenvalue weighted by Gasteiger charge is 2.21. The van der Waals surface area contributed by atoms with Crippen molar-refractivity contribution in [3.63, 3.8) is 0 Å². The van der Waals surface area contributed by atoms with E-state index in [0.717, 1.165) is 36.9 Å². The van der Waals surface area contributed by atoms with Crippen molar-refractivity contribution in [1.29, 1.82) is 5.26 Å². The smallest absolute Gasteiger partial charge is 0.227 e. The topological polar surface area (TPSA) is 99.7 Å². The molecule has 27 heavy (non-hydrogen) atoms. The lowest BCUT2D eigenvalue weighted by Gasteiger charge is -2.25. The largest absolute Gasteiger partial charge is 0.393 e. The van der Waals surface area contributed by atoms with Crippen LogP contribution in [0.2, 0.25) is 0 Å². The van der Waals surface area contributed by atoms with Crippen molar-refractivity contribution in [1.82, 2.24) is 19.7 Å². The minimum absolute atomic E-state index is 0.179. The van der Waals surface area contributed by atoms with Crippen LogP contribution < -0.4 is 5.32 Å². The molecule has 1 fully saturated rings. The zero-order chi connectivity index (χ0) is 18.6. The maximum Gasteiger partial charge on any atom is 0.227 e. The van der Waals surface area contributed by atoms with Crippen molar-refractivity contribution < 1.29 is 5.11 Å². The van der Waals surface area contributed by atoms with E-state index >= 15 is 0 Å². The predicted octanol–water partition coefficient (Wildman–Crippen LogP) is 3.43. The summed E-state index contributed by atoms with van der Waals surface area (Å²) in [5.41, 5.74) is 2.86. The summed E-state index contributed by atoms with van der Waals surface area (Å²) in [6.45, 7) is 0. The van der Waals surface area contributed by atoms with Crippen LogP contribution in [0.3, 0.4) is 0 Å². The quantitative estimate of drug-likeness (QED) is 0.739. The van der Waals surface area contributed by atoms with Gasteiger partial charge in [0.2, 0.25) is 5.95 Å². The van der Waals surface area contributed by atoms with Crippen LogP contribution in [0.25, 0.3) is 11.3 Å². The second-order valence-electron chi connectivity index (χ2n) is 6.72. The second-order valence-corrected chi connectivity index (χ2v) is 6.72. The lowest BCUT2D eigenvalue weighted by molar-refractivity contribution is 0.108. The monoisotopic (exact) mass is 360 g/mol. The minimum Gasteiger partial charge on any atom is -0.393 e. The summed E-state index contributed by atoms with van der Waals surface area (Å²) in [6.07, 6.45) is 8.69. The summed E-state index contributed by atoms with van der Waals surface area (Å²) in [5.74, 6) is 0.457. The minimum atomic E-state index is -0.179. The molecule has 1 aliphatic rings. The third-order valence-corrected chi connectivity index (χ3v) is 4.88. The molecule has 0 amide bonds. The molecule has 2 N–H and O–H groups in total. The number of nitrogens with zero attached hydrogens (tertiary/aromatic N) is 5. The first-order valence-corrected chi connectivity index (χ1v) is 9.05. The second kappa shape index (κ2) is 7.56. The molecule has 0 atom stereocenters. The molecule has 2 heterocycles. The number of nitrogens with one attached hydrogen (secondary N) is 1. The molecule has 0 spiro atoms. The van der Waals surface area contributed by atoms with Crippen LogP contribution in [0, 0.1) is 11.3 Å². The maximum absolute atomic E-state index is 9.65. The zero-order valence-electron chi connectivity index (χ0n) is 14.8. The van der Waals surface area contributed by atoms with E-state index in [9.17, 15) is 10.4 Å². The van der Waals surface area contributed by atoms with Crippen molar-refractivity contribution >= 4 is 11.6 Å². The number of rotatable bonds is 4. The van der Waals surface area contributed by atoms with E-state index in [-0.39, 0.29) is 6.10 Å². The average molecular weight is 360 g/mol. The van der Waals surface area contributed by atoms with Gasteiger partial charge in [-0.05, 0) is 37.8 Å². The van der Waals surface area contributed by atoms with Gasteiger partial charge in [-0.25, -0.2) is 9.97 Å². The van der Waals surface area contributed by atoms with Crippen molar-refractivity contribution in [2.45, 2.75) is 37.8 Å². The molecule has 0 unspecified atom stereocenters. The molecule has 7 nitrogen and oxygen atoms in total. The fourth-order valence-corrected chi connectivity index (χ4v) is 3.43. The van der Waals surface area contributed by atoms with Crippen LogP contribution >= 0.6 is 0 Å². The summed E-state index contributed by atoms with van der Waals surface area (Å²) >= 11 is 0. The fourth-order valence-electron chi connectivity index (χ4n) is 3.43. The van der Waals surface area contributed by atoms with Crippen LogP contribution in [-0.4, -0.2) is 31.0 Å². The van der Waals surface area contributed by atoms with Gasteiger partial charge < -0.3 is 10.4 Å². The van der Waals surface area contributed by atoms with Gasteiger partial charge in [0.25, 0.3) is 0 Å². The number of aromatic nitrogens is 4. The van der Waals surface area contributed by atoms with Gasteiger partial charge in [-0.3, -0.25) is 4.68 Å². The molecular weight excluding hydrogens is 340 g/mol. The van der Waals surface area contributed by atoms with Gasteiger partial charge in [0.05, 0.1) is 41.4 Å². The number of anilines is 2. The SMILES string of the molecule is N#Cc1ccccc1-c1ccnc(Nc2cnn(C3CCC(O)CC3)c2)n1. The first-order chi connectivity index (χ1) is 13.2. The van der Waals surface area contributed by atoms with E-state index < -0.39 is 0 Å². The van der Waals surface area contributed by atoms with Gasteiger partial charge in [-0.2, -0.15) is 10.4 Å². The van der Waals surface area contributed by atoms with Gasteiger partial charge in [0.15, 0.2) is 0 Å². The summed E-state index contributed by atoms with van der Waals surface area (Å²) < 4.78 is 1.95. The number of hydrogen-bond acceptors (Lipinski definition) is 6. The number of benzene rings is 1. The molecule has 1 aliphatic carbocycles. The van der Waals surface area contributed by atoms with Crippen molar-refractivity contribution in [2.24, 2.45) is 0 Å². The highest BCUT2D eigenvalue weighted by atomic mass is 16.3. The Morgan fingerprint density at radius 2 is 1.96 bits per heavy atom.